The number of rotatable bonds is 5. The Bertz CT molecular complexity index is 835. The summed E-state index contributed by atoms with van der Waals surface area (Å²) in [5.74, 6) is 0. The summed E-state index contributed by atoms with van der Waals surface area (Å²) in [5.41, 5.74) is 0.826. The lowest BCUT2D eigenvalue weighted by Gasteiger charge is -2.17. The highest BCUT2D eigenvalue weighted by molar-refractivity contribution is 7.78. The van der Waals surface area contributed by atoms with Gasteiger partial charge in [-0.2, -0.15) is 0 Å². The fourth-order valence-corrected chi connectivity index (χ4v) is 4.91. The highest BCUT2D eigenvalue weighted by Crippen LogP contribution is 2.43. The Morgan fingerprint density at radius 1 is 0.792 bits per heavy atom. The number of halogens is 1. The number of nitrogens with zero attached hydrogens (tertiary/aromatic N) is 1. The Labute approximate surface area is 147 Å². The van der Waals surface area contributed by atoms with E-state index in [9.17, 15) is 4.57 Å². The van der Waals surface area contributed by atoms with Gasteiger partial charge in [-0.05, 0) is 6.07 Å². The maximum atomic E-state index is 13.7. The highest BCUT2D eigenvalue weighted by atomic mass is 35.5. The lowest BCUT2D eigenvalue weighted by Crippen LogP contribution is -2.17. The first-order valence-corrected chi connectivity index (χ1v) is 9.92. The summed E-state index contributed by atoms with van der Waals surface area (Å²) < 4.78 is 13.7. The van der Waals surface area contributed by atoms with Gasteiger partial charge in [-0.1, -0.05) is 90.5 Å². The molecule has 0 radical (unpaired) electrons. The molecule has 0 aliphatic carbocycles. The number of aliphatic imine (C=N–C) groups is 1. The second kappa shape index (κ2) is 7.61. The second-order valence-corrected chi connectivity index (χ2v) is 8.59. The van der Waals surface area contributed by atoms with Gasteiger partial charge in [-0.15, -0.1) is 0 Å². The Balaban J connectivity index is 1.95. The molecular weight excluding hydrogens is 337 g/mol. The molecule has 0 heterocycles. The molecule has 0 atom stereocenters. The minimum Gasteiger partial charge on any atom is -0.312 e. The lowest BCUT2D eigenvalue weighted by atomic mass is 10.2. The van der Waals surface area contributed by atoms with Gasteiger partial charge in [0.2, 0.25) is 0 Å². The van der Waals surface area contributed by atoms with Crippen LogP contribution in [0.15, 0.2) is 89.9 Å². The fraction of sp³-hybridized carbons (Fsp3) is 0.0500. The predicted octanol–water partition coefficient (Wildman–Crippen LogP) is 4.73. The van der Waals surface area contributed by atoms with Crippen LogP contribution in [-0.2, 0) is 4.57 Å². The average molecular weight is 354 g/mol. The maximum Gasteiger partial charge on any atom is 0.163 e. The molecule has 3 rings (SSSR count). The Kier molecular flexibility index (Phi) is 5.30. The summed E-state index contributed by atoms with van der Waals surface area (Å²) in [6.07, 6.45) is 1.91. The average Bonchev–Trinajstić information content (AvgIpc) is 2.64. The summed E-state index contributed by atoms with van der Waals surface area (Å²) in [5, 5.41) is 2.26. The molecule has 0 N–H and O–H groups in total. The quantitative estimate of drug-likeness (QED) is 0.481. The van der Waals surface area contributed by atoms with E-state index in [-0.39, 0.29) is 6.29 Å². The van der Waals surface area contributed by atoms with Gasteiger partial charge in [0.05, 0.1) is 6.29 Å². The monoisotopic (exact) mass is 353 g/mol. The molecule has 0 saturated heterocycles. The molecule has 3 aromatic carbocycles. The van der Waals surface area contributed by atoms with E-state index in [2.05, 4.69) is 4.99 Å². The standard InChI is InChI=1S/C20H17ClNOP/c21-20-14-8-7-9-17(20)15-22-16-24(23,18-10-3-1-4-11-18)19-12-5-2-6-13-19/h1-15H,16H2. The van der Waals surface area contributed by atoms with Crippen LogP contribution in [0.2, 0.25) is 5.02 Å². The summed E-state index contributed by atoms with van der Waals surface area (Å²) in [4.78, 5) is 4.45. The second-order valence-electron chi connectivity index (χ2n) is 5.39. The van der Waals surface area contributed by atoms with Gasteiger partial charge in [-0.3, -0.25) is 4.99 Å². The van der Waals surface area contributed by atoms with Crippen LogP contribution in [0.1, 0.15) is 5.56 Å². The van der Waals surface area contributed by atoms with Gasteiger partial charge < -0.3 is 4.57 Å². The summed E-state index contributed by atoms with van der Waals surface area (Å²) in [6.45, 7) is 0. The third-order valence-corrected chi connectivity index (χ3v) is 6.93. The molecule has 0 bridgehead atoms. The summed E-state index contributed by atoms with van der Waals surface area (Å²) >= 11 is 6.15. The van der Waals surface area contributed by atoms with E-state index in [0.717, 1.165) is 16.2 Å². The van der Waals surface area contributed by atoms with Crippen LogP contribution >= 0.6 is 18.7 Å². The van der Waals surface area contributed by atoms with E-state index >= 15 is 0 Å². The Hall–Kier alpha value is -2.15. The van der Waals surface area contributed by atoms with E-state index < -0.39 is 7.14 Å². The van der Waals surface area contributed by atoms with E-state index in [4.69, 9.17) is 11.6 Å². The Morgan fingerprint density at radius 3 is 1.83 bits per heavy atom. The molecular formula is C20H17ClNOP. The van der Waals surface area contributed by atoms with Crippen LogP contribution < -0.4 is 10.6 Å². The minimum absolute atomic E-state index is 0.215. The van der Waals surface area contributed by atoms with Crippen LogP contribution in [0, 0.1) is 0 Å². The topological polar surface area (TPSA) is 29.4 Å². The van der Waals surface area contributed by atoms with Gasteiger partial charge in [0, 0.05) is 27.4 Å². The molecule has 0 aromatic heterocycles. The Morgan fingerprint density at radius 2 is 1.29 bits per heavy atom. The van der Waals surface area contributed by atoms with Crippen molar-refractivity contribution in [2.75, 3.05) is 6.29 Å². The molecule has 120 valence electrons. The molecule has 0 unspecified atom stereocenters. The smallest absolute Gasteiger partial charge is 0.163 e. The van der Waals surface area contributed by atoms with Gasteiger partial charge in [0.1, 0.15) is 0 Å². The van der Waals surface area contributed by atoms with Gasteiger partial charge in [0.25, 0.3) is 0 Å². The third-order valence-electron chi connectivity index (χ3n) is 3.76. The summed E-state index contributed by atoms with van der Waals surface area (Å²) in [7, 11) is -2.82. The van der Waals surface area contributed by atoms with Crippen LogP contribution in [0.4, 0.5) is 0 Å². The van der Waals surface area contributed by atoms with Crippen molar-refractivity contribution in [3.63, 3.8) is 0 Å². The van der Waals surface area contributed by atoms with Crippen molar-refractivity contribution in [3.8, 4) is 0 Å². The van der Waals surface area contributed by atoms with Gasteiger partial charge in [-0.25, -0.2) is 0 Å². The van der Waals surface area contributed by atoms with Crippen LogP contribution in [0.3, 0.4) is 0 Å². The zero-order valence-corrected chi connectivity index (χ0v) is 14.7. The van der Waals surface area contributed by atoms with Crippen LogP contribution in [0.25, 0.3) is 0 Å². The normalized spacial score (nSPS) is 11.7. The zero-order chi connectivity index (χ0) is 16.8. The first-order chi connectivity index (χ1) is 11.7. The largest absolute Gasteiger partial charge is 0.312 e. The first kappa shape index (κ1) is 16.7. The third kappa shape index (κ3) is 3.67. The molecule has 0 aliphatic heterocycles. The van der Waals surface area contributed by atoms with Crippen molar-refractivity contribution in [1.82, 2.24) is 0 Å². The van der Waals surface area contributed by atoms with Crippen molar-refractivity contribution in [2.45, 2.75) is 0 Å². The molecule has 0 spiro atoms. The maximum absolute atomic E-state index is 13.7. The number of benzene rings is 3. The van der Waals surface area contributed by atoms with Crippen LogP contribution in [0.5, 0.6) is 0 Å². The zero-order valence-electron chi connectivity index (χ0n) is 13.0. The van der Waals surface area contributed by atoms with Crippen molar-refractivity contribution < 1.29 is 4.57 Å². The molecule has 0 aliphatic rings. The minimum atomic E-state index is -2.82. The van der Waals surface area contributed by atoms with E-state index in [1.165, 1.54) is 0 Å². The van der Waals surface area contributed by atoms with E-state index in [1.54, 1.807) is 6.21 Å². The van der Waals surface area contributed by atoms with Gasteiger partial charge >= 0.3 is 0 Å². The first-order valence-electron chi connectivity index (χ1n) is 7.65. The molecule has 0 amide bonds. The molecule has 0 fully saturated rings. The van der Waals surface area contributed by atoms with E-state index in [1.807, 2.05) is 84.9 Å². The molecule has 0 saturated carbocycles. The van der Waals surface area contributed by atoms with Crippen molar-refractivity contribution >= 4 is 35.6 Å². The van der Waals surface area contributed by atoms with E-state index in [0.29, 0.717) is 5.02 Å². The molecule has 24 heavy (non-hydrogen) atoms. The predicted molar refractivity (Wildman–Crippen MR) is 104 cm³/mol. The highest BCUT2D eigenvalue weighted by Gasteiger charge is 2.26. The SMILES string of the molecule is O=P(CN=Cc1ccccc1Cl)(c1ccccc1)c1ccccc1. The van der Waals surface area contributed by atoms with Crippen molar-refractivity contribution in [3.05, 3.63) is 95.5 Å². The number of hydrogen-bond acceptors (Lipinski definition) is 2. The molecule has 4 heteroatoms. The number of hydrogen-bond donors (Lipinski definition) is 0. The molecule has 3 aromatic rings. The van der Waals surface area contributed by atoms with Crippen molar-refractivity contribution in [1.29, 1.82) is 0 Å². The van der Waals surface area contributed by atoms with Gasteiger partial charge in [0.15, 0.2) is 7.14 Å². The van der Waals surface area contributed by atoms with Crippen LogP contribution in [-0.4, -0.2) is 12.5 Å². The van der Waals surface area contributed by atoms with Crippen molar-refractivity contribution in [2.24, 2.45) is 4.99 Å². The lowest BCUT2D eigenvalue weighted by molar-refractivity contribution is 0.587. The fourth-order valence-electron chi connectivity index (χ4n) is 2.48. The summed E-state index contributed by atoms with van der Waals surface area (Å²) in [6, 6.07) is 26.6. The molecule has 2 nitrogen and oxygen atoms in total.